The fraction of sp³-hybridized carbons (Fsp3) is 0.636. The fourth-order valence-corrected chi connectivity index (χ4v) is 2.54. The van der Waals surface area contributed by atoms with Crippen LogP contribution in [0.15, 0.2) is 6.20 Å². The maximum atomic E-state index is 6.11. The quantitative estimate of drug-likeness (QED) is 0.852. The fourth-order valence-electron chi connectivity index (χ4n) is 2.33. The predicted molar refractivity (Wildman–Crippen MR) is 68.3 cm³/mol. The van der Waals surface area contributed by atoms with Crippen LogP contribution in [0.1, 0.15) is 12.8 Å². The Balaban J connectivity index is 1.70. The van der Waals surface area contributed by atoms with Gasteiger partial charge in [0.1, 0.15) is 5.02 Å². The third kappa shape index (κ3) is 2.30. The van der Waals surface area contributed by atoms with E-state index in [2.05, 4.69) is 19.8 Å². The van der Waals surface area contributed by atoms with Gasteiger partial charge in [-0.05, 0) is 12.8 Å². The lowest BCUT2D eigenvalue weighted by atomic mass is 10.3. The van der Waals surface area contributed by atoms with Gasteiger partial charge in [0, 0.05) is 32.2 Å². The highest BCUT2D eigenvalue weighted by atomic mass is 35.5. The van der Waals surface area contributed by atoms with Crippen molar-refractivity contribution in [1.29, 1.82) is 0 Å². The molecule has 6 heteroatoms. The lowest BCUT2D eigenvalue weighted by molar-refractivity contribution is 0.247. The van der Waals surface area contributed by atoms with Crippen molar-refractivity contribution in [3.63, 3.8) is 0 Å². The second-order valence-corrected chi connectivity index (χ2v) is 5.06. The van der Waals surface area contributed by atoms with Crippen LogP contribution < -0.4 is 10.6 Å². The van der Waals surface area contributed by atoms with Gasteiger partial charge in [0.05, 0.1) is 6.20 Å². The Morgan fingerprint density at radius 1 is 1.24 bits per heavy atom. The van der Waals surface area contributed by atoms with E-state index in [4.69, 9.17) is 17.3 Å². The Labute approximate surface area is 106 Å². The molecule has 2 heterocycles. The van der Waals surface area contributed by atoms with Gasteiger partial charge in [-0.2, -0.15) is 4.98 Å². The van der Waals surface area contributed by atoms with Gasteiger partial charge < -0.3 is 10.6 Å². The molecule has 1 saturated heterocycles. The molecule has 0 aromatic carbocycles. The minimum atomic E-state index is 0.286. The van der Waals surface area contributed by atoms with E-state index in [-0.39, 0.29) is 5.95 Å². The molecule has 1 saturated carbocycles. The molecule has 92 valence electrons. The van der Waals surface area contributed by atoms with Gasteiger partial charge in [-0.3, -0.25) is 4.90 Å². The zero-order valence-electron chi connectivity index (χ0n) is 9.64. The summed E-state index contributed by atoms with van der Waals surface area (Å²) in [5.41, 5.74) is 5.60. The summed E-state index contributed by atoms with van der Waals surface area (Å²) < 4.78 is 0. The molecule has 0 spiro atoms. The second-order valence-electron chi connectivity index (χ2n) is 4.65. The van der Waals surface area contributed by atoms with Crippen LogP contribution in [-0.4, -0.2) is 47.1 Å². The molecular formula is C11H16ClN5. The largest absolute Gasteiger partial charge is 0.368 e. The summed E-state index contributed by atoms with van der Waals surface area (Å²) >= 11 is 6.11. The highest BCUT2D eigenvalue weighted by Crippen LogP contribution is 2.29. The number of nitrogen functional groups attached to an aromatic ring is 1. The van der Waals surface area contributed by atoms with E-state index in [1.54, 1.807) is 6.20 Å². The molecule has 0 radical (unpaired) electrons. The number of piperazine rings is 1. The van der Waals surface area contributed by atoms with Gasteiger partial charge in [0.2, 0.25) is 5.95 Å². The first-order valence-corrected chi connectivity index (χ1v) is 6.39. The van der Waals surface area contributed by atoms with E-state index >= 15 is 0 Å². The van der Waals surface area contributed by atoms with E-state index in [1.165, 1.54) is 12.8 Å². The maximum absolute atomic E-state index is 6.11. The Bertz CT molecular complexity index is 412. The number of aromatic nitrogens is 2. The smallest absolute Gasteiger partial charge is 0.222 e. The average Bonchev–Trinajstić information content (AvgIpc) is 3.17. The van der Waals surface area contributed by atoms with Crippen LogP contribution in [0, 0.1) is 0 Å². The zero-order valence-corrected chi connectivity index (χ0v) is 10.4. The Hall–Kier alpha value is -1.07. The molecule has 2 N–H and O–H groups in total. The summed E-state index contributed by atoms with van der Waals surface area (Å²) in [6.45, 7) is 4.11. The normalized spacial score (nSPS) is 21.8. The first-order chi connectivity index (χ1) is 8.24. The maximum Gasteiger partial charge on any atom is 0.222 e. The minimum Gasteiger partial charge on any atom is -0.368 e. The van der Waals surface area contributed by atoms with Crippen LogP contribution in [0.3, 0.4) is 0 Å². The molecule has 0 amide bonds. The van der Waals surface area contributed by atoms with Crippen LogP contribution in [0.5, 0.6) is 0 Å². The lowest BCUT2D eigenvalue weighted by Crippen LogP contribution is -2.47. The lowest BCUT2D eigenvalue weighted by Gasteiger charge is -2.35. The molecule has 2 fully saturated rings. The number of hydrogen-bond donors (Lipinski definition) is 1. The van der Waals surface area contributed by atoms with Gasteiger partial charge in [-0.1, -0.05) is 11.6 Å². The molecule has 1 aliphatic heterocycles. The number of anilines is 2. The second kappa shape index (κ2) is 4.31. The summed E-state index contributed by atoms with van der Waals surface area (Å²) in [5.74, 6) is 1.06. The molecule has 0 bridgehead atoms. The van der Waals surface area contributed by atoms with Gasteiger partial charge in [0.25, 0.3) is 0 Å². The molecule has 5 nitrogen and oxygen atoms in total. The Morgan fingerprint density at radius 3 is 2.59 bits per heavy atom. The Kier molecular flexibility index (Phi) is 2.80. The molecule has 0 unspecified atom stereocenters. The first-order valence-electron chi connectivity index (χ1n) is 6.01. The monoisotopic (exact) mass is 253 g/mol. The van der Waals surface area contributed by atoms with E-state index in [0.29, 0.717) is 5.02 Å². The van der Waals surface area contributed by atoms with Crippen LogP contribution in [0.25, 0.3) is 0 Å². The van der Waals surface area contributed by atoms with Crippen LogP contribution in [0.4, 0.5) is 11.8 Å². The van der Waals surface area contributed by atoms with Crippen molar-refractivity contribution >= 4 is 23.4 Å². The van der Waals surface area contributed by atoms with Crippen LogP contribution >= 0.6 is 11.6 Å². The van der Waals surface area contributed by atoms with Gasteiger partial charge in [-0.25, -0.2) is 4.98 Å². The highest BCUT2D eigenvalue weighted by Gasteiger charge is 2.31. The topological polar surface area (TPSA) is 58.3 Å². The standard InChI is InChI=1S/C11H16ClN5/c12-9-7-14-11(13)15-10(9)17-5-3-16(4-6-17)8-1-2-8/h7-8H,1-6H2,(H2,13,14,15). The van der Waals surface area contributed by atoms with E-state index in [9.17, 15) is 0 Å². The molecule has 17 heavy (non-hydrogen) atoms. The summed E-state index contributed by atoms with van der Waals surface area (Å²) in [4.78, 5) is 12.9. The number of hydrogen-bond acceptors (Lipinski definition) is 5. The van der Waals surface area contributed by atoms with Crippen LogP contribution in [0.2, 0.25) is 5.02 Å². The average molecular weight is 254 g/mol. The van der Waals surface area contributed by atoms with E-state index in [1.807, 2.05) is 0 Å². The minimum absolute atomic E-state index is 0.286. The van der Waals surface area contributed by atoms with E-state index in [0.717, 1.165) is 38.0 Å². The van der Waals surface area contributed by atoms with Gasteiger partial charge in [-0.15, -0.1) is 0 Å². The number of nitrogens with zero attached hydrogens (tertiary/aromatic N) is 4. The predicted octanol–water partition coefficient (Wildman–Crippen LogP) is 0.997. The van der Waals surface area contributed by atoms with Gasteiger partial charge in [0.15, 0.2) is 5.82 Å². The SMILES string of the molecule is Nc1ncc(Cl)c(N2CCN(C3CC3)CC2)n1. The number of rotatable bonds is 2. The van der Waals surface area contributed by atoms with Crippen LogP contribution in [-0.2, 0) is 0 Å². The third-order valence-corrected chi connectivity index (χ3v) is 3.69. The molecule has 3 rings (SSSR count). The summed E-state index contributed by atoms with van der Waals surface area (Å²) in [7, 11) is 0. The summed E-state index contributed by atoms with van der Waals surface area (Å²) in [6.07, 6.45) is 4.30. The molecule has 0 atom stereocenters. The molecular weight excluding hydrogens is 238 g/mol. The Morgan fingerprint density at radius 2 is 1.94 bits per heavy atom. The zero-order chi connectivity index (χ0) is 11.8. The van der Waals surface area contributed by atoms with Crippen molar-refractivity contribution in [1.82, 2.24) is 14.9 Å². The summed E-state index contributed by atoms with van der Waals surface area (Å²) in [5, 5.41) is 0.582. The van der Waals surface area contributed by atoms with Crippen molar-refractivity contribution in [2.24, 2.45) is 0 Å². The molecule has 2 aliphatic rings. The molecule has 1 aromatic rings. The van der Waals surface area contributed by atoms with Crippen molar-refractivity contribution in [3.8, 4) is 0 Å². The first kappa shape index (κ1) is 11.0. The van der Waals surface area contributed by atoms with Crippen molar-refractivity contribution in [3.05, 3.63) is 11.2 Å². The number of halogens is 1. The van der Waals surface area contributed by atoms with Crippen molar-refractivity contribution in [2.45, 2.75) is 18.9 Å². The van der Waals surface area contributed by atoms with Crippen molar-refractivity contribution in [2.75, 3.05) is 36.8 Å². The number of nitrogens with two attached hydrogens (primary N) is 1. The molecule has 1 aromatic heterocycles. The van der Waals surface area contributed by atoms with Gasteiger partial charge >= 0.3 is 0 Å². The van der Waals surface area contributed by atoms with E-state index < -0.39 is 0 Å². The third-order valence-electron chi connectivity index (χ3n) is 3.42. The molecule has 1 aliphatic carbocycles. The highest BCUT2D eigenvalue weighted by molar-refractivity contribution is 6.32. The van der Waals surface area contributed by atoms with Crippen molar-refractivity contribution < 1.29 is 0 Å². The summed E-state index contributed by atoms with van der Waals surface area (Å²) in [6, 6.07) is 0.836.